The molecular weight excluding hydrogens is 358 g/mol. The van der Waals surface area contributed by atoms with E-state index in [-0.39, 0.29) is 17.6 Å². The van der Waals surface area contributed by atoms with E-state index >= 15 is 0 Å². The standard InChI is InChI=1S/C21H23N3O4/c1-3-12-28-18-9-4-15(5-10-18)14-23(2)19-11-6-16(13-20(19)24(26)27)21(25)22-17-7-8-17/h3-6,9-11,13,17H,1,7-8,12,14H2,2H3,(H,22,25). The number of carbonyl (C=O) groups is 1. The molecule has 0 saturated heterocycles. The molecule has 7 nitrogen and oxygen atoms in total. The smallest absolute Gasteiger partial charge is 0.293 e. The zero-order valence-electron chi connectivity index (χ0n) is 15.8. The molecule has 2 aromatic rings. The van der Waals surface area contributed by atoms with Crippen LogP contribution in [0.3, 0.4) is 0 Å². The van der Waals surface area contributed by atoms with Crippen molar-refractivity contribution in [3.63, 3.8) is 0 Å². The summed E-state index contributed by atoms with van der Waals surface area (Å²) >= 11 is 0. The number of nitro benzene ring substituents is 1. The van der Waals surface area contributed by atoms with E-state index in [0.717, 1.165) is 24.2 Å². The number of carbonyl (C=O) groups excluding carboxylic acids is 1. The first-order chi connectivity index (χ1) is 13.5. The van der Waals surface area contributed by atoms with Crippen molar-refractivity contribution in [3.05, 3.63) is 76.4 Å². The lowest BCUT2D eigenvalue weighted by atomic mass is 10.1. The minimum atomic E-state index is -0.452. The van der Waals surface area contributed by atoms with Crippen molar-refractivity contribution in [2.45, 2.75) is 25.4 Å². The van der Waals surface area contributed by atoms with Gasteiger partial charge in [-0.25, -0.2) is 0 Å². The van der Waals surface area contributed by atoms with Crippen molar-refractivity contribution >= 4 is 17.3 Å². The van der Waals surface area contributed by atoms with Crippen LogP contribution in [-0.4, -0.2) is 30.5 Å². The van der Waals surface area contributed by atoms with E-state index in [2.05, 4.69) is 11.9 Å². The molecular formula is C21H23N3O4. The van der Waals surface area contributed by atoms with E-state index in [1.165, 1.54) is 6.07 Å². The quantitative estimate of drug-likeness (QED) is 0.407. The number of ether oxygens (including phenoxy) is 1. The molecule has 28 heavy (non-hydrogen) atoms. The van der Waals surface area contributed by atoms with Gasteiger partial charge in [0.15, 0.2) is 0 Å². The summed E-state index contributed by atoms with van der Waals surface area (Å²) in [6, 6.07) is 12.3. The Hall–Kier alpha value is -3.35. The van der Waals surface area contributed by atoms with Gasteiger partial charge in [-0.1, -0.05) is 24.8 Å². The highest BCUT2D eigenvalue weighted by Gasteiger charge is 2.26. The summed E-state index contributed by atoms with van der Waals surface area (Å²) in [6.45, 7) is 4.53. The van der Waals surface area contributed by atoms with Gasteiger partial charge in [0, 0.05) is 31.3 Å². The van der Waals surface area contributed by atoms with Crippen LogP contribution >= 0.6 is 0 Å². The minimum absolute atomic E-state index is 0.0862. The maximum absolute atomic E-state index is 12.2. The minimum Gasteiger partial charge on any atom is -0.490 e. The van der Waals surface area contributed by atoms with Crippen LogP contribution in [-0.2, 0) is 6.54 Å². The molecule has 1 fully saturated rings. The highest BCUT2D eigenvalue weighted by molar-refractivity contribution is 5.96. The Balaban J connectivity index is 1.74. The lowest BCUT2D eigenvalue weighted by molar-refractivity contribution is -0.384. The van der Waals surface area contributed by atoms with Gasteiger partial charge >= 0.3 is 0 Å². The molecule has 0 aromatic heterocycles. The summed E-state index contributed by atoms with van der Waals surface area (Å²) in [5.74, 6) is 0.471. The van der Waals surface area contributed by atoms with Gasteiger partial charge in [-0.15, -0.1) is 0 Å². The van der Waals surface area contributed by atoms with Gasteiger partial charge in [-0.05, 0) is 42.7 Å². The molecule has 2 aromatic carbocycles. The monoisotopic (exact) mass is 381 g/mol. The molecule has 1 amide bonds. The fraction of sp³-hybridized carbons (Fsp3) is 0.286. The molecule has 1 saturated carbocycles. The van der Waals surface area contributed by atoms with Gasteiger partial charge in [0.1, 0.15) is 18.0 Å². The first-order valence-electron chi connectivity index (χ1n) is 9.11. The van der Waals surface area contributed by atoms with E-state index in [9.17, 15) is 14.9 Å². The average molecular weight is 381 g/mol. The third kappa shape index (κ3) is 4.88. The number of benzene rings is 2. The topological polar surface area (TPSA) is 84.7 Å². The van der Waals surface area contributed by atoms with Crippen molar-refractivity contribution in [2.24, 2.45) is 0 Å². The summed E-state index contributed by atoms with van der Waals surface area (Å²) in [6.07, 6.45) is 3.60. The number of hydrogen-bond donors (Lipinski definition) is 1. The number of nitro groups is 1. The molecule has 0 bridgehead atoms. The molecule has 0 atom stereocenters. The van der Waals surface area contributed by atoms with Crippen LogP contribution in [0.4, 0.5) is 11.4 Å². The largest absolute Gasteiger partial charge is 0.490 e. The zero-order chi connectivity index (χ0) is 20.1. The number of rotatable bonds is 9. The molecule has 0 unspecified atom stereocenters. The fourth-order valence-corrected chi connectivity index (χ4v) is 2.84. The molecule has 0 radical (unpaired) electrons. The Kier molecular flexibility index (Phi) is 5.93. The van der Waals surface area contributed by atoms with Crippen LogP contribution in [0.1, 0.15) is 28.8 Å². The molecule has 1 aliphatic rings. The molecule has 0 aliphatic heterocycles. The number of nitrogens with one attached hydrogen (secondary N) is 1. The maximum Gasteiger partial charge on any atom is 0.293 e. The van der Waals surface area contributed by atoms with Crippen LogP contribution in [0.25, 0.3) is 0 Å². The van der Waals surface area contributed by atoms with Crippen molar-refractivity contribution in [1.29, 1.82) is 0 Å². The Morgan fingerprint density at radius 2 is 2.04 bits per heavy atom. The van der Waals surface area contributed by atoms with Gasteiger partial charge in [0.25, 0.3) is 11.6 Å². The van der Waals surface area contributed by atoms with Gasteiger partial charge in [0.05, 0.1) is 4.92 Å². The highest BCUT2D eigenvalue weighted by Crippen LogP contribution is 2.30. The maximum atomic E-state index is 12.2. The second-order valence-electron chi connectivity index (χ2n) is 6.81. The number of hydrogen-bond acceptors (Lipinski definition) is 5. The summed E-state index contributed by atoms with van der Waals surface area (Å²) in [5, 5.41) is 14.4. The van der Waals surface area contributed by atoms with Crippen molar-refractivity contribution in [2.75, 3.05) is 18.6 Å². The van der Waals surface area contributed by atoms with Crippen LogP contribution in [0, 0.1) is 10.1 Å². The van der Waals surface area contributed by atoms with Crippen molar-refractivity contribution < 1.29 is 14.5 Å². The SMILES string of the molecule is C=CCOc1ccc(CN(C)c2ccc(C(=O)NC3CC3)cc2[N+](=O)[O-])cc1. The third-order valence-electron chi connectivity index (χ3n) is 4.47. The summed E-state index contributed by atoms with van der Waals surface area (Å²) in [5.41, 5.74) is 1.66. The summed E-state index contributed by atoms with van der Waals surface area (Å²) in [4.78, 5) is 25.1. The van der Waals surface area contributed by atoms with E-state index < -0.39 is 4.92 Å². The number of amides is 1. The van der Waals surface area contributed by atoms with E-state index in [1.54, 1.807) is 30.2 Å². The van der Waals surface area contributed by atoms with Gasteiger partial charge < -0.3 is 15.0 Å². The first-order valence-corrected chi connectivity index (χ1v) is 9.11. The fourth-order valence-electron chi connectivity index (χ4n) is 2.84. The third-order valence-corrected chi connectivity index (χ3v) is 4.47. The normalized spacial score (nSPS) is 12.9. The Morgan fingerprint density at radius 1 is 1.32 bits per heavy atom. The molecule has 146 valence electrons. The predicted octanol–water partition coefficient (Wildman–Crippen LogP) is 3.69. The zero-order valence-corrected chi connectivity index (χ0v) is 15.8. The number of anilines is 1. The Labute approximate surface area is 163 Å². The molecule has 0 spiro atoms. The van der Waals surface area contributed by atoms with E-state index in [1.807, 2.05) is 24.3 Å². The molecule has 0 heterocycles. The predicted molar refractivity (Wildman–Crippen MR) is 108 cm³/mol. The number of nitrogens with zero attached hydrogens (tertiary/aromatic N) is 2. The molecule has 1 N–H and O–H groups in total. The van der Waals surface area contributed by atoms with Crippen molar-refractivity contribution in [1.82, 2.24) is 5.32 Å². The van der Waals surface area contributed by atoms with Gasteiger partial charge in [-0.2, -0.15) is 0 Å². The van der Waals surface area contributed by atoms with Crippen LogP contribution < -0.4 is 15.0 Å². The van der Waals surface area contributed by atoms with E-state index in [0.29, 0.717) is 24.4 Å². The van der Waals surface area contributed by atoms with Crippen molar-refractivity contribution in [3.8, 4) is 5.75 Å². The summed E-state index contributed by atoms with van der Waals surface area (Å²) < 4.78 is 5.46. The van der Waals surface area contributed by atoms with Gasteiger partial charge in [0.2, 0.25) is 0 Å². The lowest BCUT2D eigenvalue weighted by Gasteiger charge is -2.20. The lowest BCUT2D eigenvalue weighted by Crippen LogP contribution is -2.25. The molecule has 3 rings (SSSR count). The molecule has 7 heteroatoms. The molecule has 1 aliphatic carbocycles. The van der Waals surface area contributed by atoms with E-state index in [4.69, 9.17) is 4.74 Å². The van der Waals surface area contributed by atoms with Crippen LogP contribution in [0.5, 0.6) is 5.75 Å². The average Bonchev–Trinajstić information content (AvgIpc) is 3.50. The highest BCUT2D eigenvalue weighted by atomic mass is 16.6. The van der Waals surface area contributed by atoms with Gasteiger partial charge in [-0.3, -0.25) is 14.9 Å². The first kappa shape index (κ1) is 19.4. The summed E-state index contributed by atoms with van der Waals surface area (Å²) in [7, 11) is 1.79. The Morgan fingerprint density at radius 3 is 2.64 bits per heavy atom. The second kappa shape index (κ2) is 8.56. The van der Waals surface area contributed by atoms with Crippen LogP contribution in [0.15, 0.2) is 55.1 Å². The Bertz CT molecular complexity index is 876. The van der Waals surface area contributed by atoms with Crippen LogP contribution in [0.2, 0.25) is 0 Å². The second-order valence-corrected chi connectivity index (χ2v) is 6.81.